The van der Waals surface area contributed by atoms with E-state index in [4.69, 9.17) is 9.47 Å². The Morgan fingerprint density at radius 1 is 1.04 bits per heavy atom. The summed E-state index contributed by atoms with van der Waals surface area (Å²) in [4.78, 5) is 2.52. The molecular weight excluding hydrogens is 298 g/mol. The van der Waals surface area contributed by atoms with Gasteiger partial charge in [0.15, 0.2) is 0 Å². The van der Waals surface area contributed by atoms with Gasteiger partial charge in [-0.05, 0) is 18.1 Å². The Hall–Kier alpha value is -1.68. The van der Waals surface area contributed by atoms with Crippen LogP contribution in [0.5, 0.6) is 0 Å². The van der Waals surface area contributed by atoms with Gasteiger partial charge in [0.05, 0.1) is 25.4 Å². The van der Waals surface area contributed by atoms with Gasteiger partial charge in [0.1, 0.15) is 0 Å². The molecular formula is C21H27NO2. The van der Waals surface area contributed by atoms with Gasteiger partial charge in [0.25, 0.3) is 0 Å². The molecule has 24 heavy (non-hydrogen) atoms. The van der Waals surface area contributed by atoms with Crippen LogP contribution >= 0.6 is 0 Å². The van der Waals surface area contributed by atoms with Crippen LogP contribution in [0.3, 0.4) is 0 Å². The van der Waals surface area contributed by atoms with Gasteiger partial charge in [0, 0.05) is 26.1 Å². The standard InChI is InChI=1S/C21H27NO2/c1-2-24-21(15-18-9-5-3-6-10-18)20-17-23-14-13-22(20)16-19-11-7-4-8-12-19/h3-12,20-21H,2,13-17H2,1H3/t20-,21?/m0/s1. The average molecular weight is 325 g/mol. The van der Waals surface area contributed by atoms with Gasteiger partial charge in [-0.1, -0.05) is 60.7 Å². The van der Waals surface area contributed by atoms with Crippen molar-refractivity contribution in [2.75, 3.05) is 26.4 Å². The third-order valence-corrected chi connectivity index (χ3v) is 4.60. The maximum Gasteiger partial charge on any atom is 0.0792 e. The summed E-state index contributed by atoms with van der Waals surface area (Å²) in [5.74, 6) is 0. The maximum atomic E-state index is 6.13. The van der Waals surface area contributed by atoms with Gasteiger partial charge < -0.3 is 9.47 Å². The van der Waals surface area contributed by atoms with Crippen LogP contribution in [0.4, 0.5) is 0 Å². The molecule has 0 amide bonds. The largest absolute Gasteiger partial charge is 0.378 e. The Morgan fingerprint density at radius 3 is 2.38 bits per heavy atom. The highest BCUT2D eigenvalue weighted by Gasteiger charge is 2.31. The molecule has 1 aliphatic heterocycles. The van der Waals surface area contributed by atoms with Crippen LogP contribution < -0.4 is 0 Å². The second kappa shape index (κ2) is 8.97. The quantitative estimate of drug-likeness (QED) is 0.777. The first-order chi connectivity index (χ1) is 11.9. The molecule has 0 aromatic heterocycles. The van der Waals surface area contributed by atoms with E-state index >= 15 is 0 Å². The van der Waals surface area contributed by atoms with Crippen molar-refractivity contribution < 1.29 is 9.47 Å². The monoisotopic (exact) mass is 325 g/mol. The minimum atomic E-state index is 0.154. The molecule has 0 aliphatic carbocycles. The van der Waals surface area contributed by atoms with Crippen LogP contribution in [0.2, 0.25) is 0 Å². The third kappa shape index (κ3) is 4.67. The summed E-state index contributed by atoms with van der Waals surface area (Å²) in [5.41, 5.74) is 2.67. The molecule has 1 aliphatic rings. The molecule has 2 aromatic rings. The molecule has 1 saturated heterocycles. The van der Waals surface area contributed by atoms with Gasteiger partial charge in [-0.15, -0.1) is 0 Å². The zero-order valence-corrected chi connectivity index (χ0v) is 14.4. The molecule has 1 unspecified atom stereocenters. The first-order valence-corrected chi connectivity index (χ1v) is 8.88. The van der Waals surface area contributed by atoms with Crippen molar-refractivity contribution in [3.8, 4) is 0 Å². The van der Waals surface area contributed by atoms with E-state index in [9.17, 15) is 0 Å². The lowest BCUT2D eigenvalue weighted by Crippen LogP contribution is -2.52. The number of morpholine rings is 1. The molecule has 128 valence electrons. The summed E-state index contributed by atoms with van der Waals surface area (Å²) >= 11 is 0. The topological polar surface area (TPSA) is 21.7 Å². The highest BCUT2D eigenvalue weighted by atomic mass is 16.5. The summed E-state index contributed by atoms with van der Waals surface area (Å²) < 4.78 is 11.9. The maximum absolute atomic E-state index is 6.13. The summed E-state index contributed by atoms with van der Waals surface area (Å²) in [6, 6.07) is 21.6. The molecule has 3 rings (SSSR count). The number of benzene rings is 2. The summed E-state index contributed by atoms with van der Waals surface area (Å²) in [7, 11) is 0. The highest BCUT2D eigenvalue weighted by Crippen LogP contribution is 2.20. The van der Waals surface area contributed by atoms with E-state index in [0.717, 1.165) is 39.3 Å². The molecule has 3 nitrogen and oxygen atoms in total. The van der Waals surface area contributed by atoms with Crippen LogP contribution in [0.25, 0.3) is 0 Å². The predicted octanol–water partition coefficient (Wildman–Crippen LogP) is 3.54. The SMILES string of the molecule is CCOC(Cc1ccccc1)[C@@H]1COCCN1Cc1ccccc1. The smallest absolute Gasteiger partial charge is 0.0792 e. The number of hydrogen-bond acceptors (Lipinski definition) is 3. The van der Waals surface area contributed by atoms with Gasteiger partial charge in [0.2, 0.25) is 0 Å². The lowest BCUT2D eigenvalue weighted by Gasteiger charge is -2.40. The first kappa shape index (κ1) is 17.2. The molecule has 0 radical (unpaired) electrons. The molecule has 0 spiro atoms. The van der Waals surface area contributed by atoms with E-state index in [1.807, 2.05) is 0 Å². The van der Waals surface area contributed by atoms with Crippen molar-refractivity contribution in [3.63, 3.8) is 0 Å². The van der Waals surface area contributed by atoms with Crippen molar-refractivity contribution >= 4 is 0 Å². The van der Waals surface area contributed by atoms with Gasteiger partial charge in [-0.2, -0.15) is 0 Å². The van der Waals surface area contributed by atoms with Crippen molar-refractivity contribution in [1.82, 2.24) is 4.90 Å². The average Bonchev–Trinajstić information content (AvgIpc) is 2.64. The van der Waals surface area contributed by atoms with Gasteiger partial charge in [-0.3, -0.25) is 4.90 Å². The molecule has 0 bridgehead atoms. The van der Waals surface area contributed by atoms with E-state index in [1.54, 1.807) is 0 Å². The minimum absolute atomic E-state index is 0.154. The Kier molecular flexibility index (Phi) is 6.41. The zero-order chi connectivity index (χ0) is 16.6. The van der Waals surface area contributed by atoms with Crippen LogP contribution in [0, 0.1) is 0 Å². The normalized spacial score (nSPS) is 20.0. The Balaban J connectivity index is 1.73. The molecule has 2 aromatic carbocycles. The van der Waals surface area contributed by atoms with Gasteiger partial charge >= 0.3 is 0 Å². The second-order valence-electron chi connectivity index (χ2n) is 6.28. The van der Waals surface area contributed by atoms with E-state index in [2.05, 4.69) is 72.5 Å². The summed E-state index contributed by atoms with van der Waals surface area (Å²) in [6.07, 6.45) is 1.08. The Bertz CT molecular complexity index is 587. The molecule has 2 atom stereocenters. The van der Waals surface area contributed by atoms with E-state index in [1.165, 1.54) is 11.1 Å². The number of nitrogens with zero attached hydrogens (tertiary/aromatic N) is 1. The van der Waals surface area contributed by atoms with Crippen LogP contribution in [-0.2, 0) is 22.4 Å². The third-order valence-electron chi connectivity index (χ3n) is 4.60. The van der Waals surface area contributed by atoms with E-state index < -0.39 is 0 Å². The van der Waals surface area contributed by atoms with Crippen LogP contribution in [-0.4, -0.2) is 43.4 Å². The summed E-state index contributed by atoms with van der Waals surface area (Å²) in [5, 5.41) is 0. The fourth-order valence-corrected chi connectivity index (χ4v) is 3.38. The lowest BCUT2D eigenvalue weighted by molar-refractivity contribution is -0.0833. The number of ether oxygens (including phenoxy) is 2. The molecule has 0 saturated carbocycles. The van der Waals surface area contributed by atoms with Gasteiger partial charge in [-0.25, -0.2) is 0 Å². The van der Waals surface area contributed by atoms with Crippen LogP contribution in [0.1, 0.15) is 18.1 Å². The summed E-state index contributed by atoms with van der Waals surface area (Å²) in [6.45, 7) is 6.25. The van der Waals surface area contributed by atoms with E-state index in [-0.39, 0.29) is 6.10 Å². The minimum Gasteiger partial charge on any atom is -0.378 e. The zero-order valence-electron chi connectivity index (χ0n) is 14.4. The lowest BCUT2D eigenvalue weighted by atomic mass is 9.99. The molecule has 1 fully saturated rings. The van der Waals surface area contributed by atoms with Crippen molar-refractivity contribution in [1.29, 1.82) is 0 Å². The Morgan fingerprint density at radius 2 is 1.71 bits per heavy atom. The van der Waals surface area contributed by atoms with E-state index in [0.29, 0.717) is 6.04 Å². The second-order valence-corrected chi connectivity index (χ2v) is 6.28. The fraction of sp³-hybridized carbons (Fsp3) is 0.429. The van der Waals surface area contributed by atoms with Crippen molar-refractivity contribution in [2.45, 2.75) is 32.0 Å². The predicted molar refractivity (Wildman–Crippen MR) is 97.0 cm³/mol. The number of rotatable bonds is 7. The van der Waals surface area contributed by atoms with Crippen LogP contribution in [0.15, 0.2) is 60.7 Å². The van der Waals surface area contributed by atoms with Crippen molar-refractivity contribution in [2.24, 2.45) is 0 Å². The number of hydrogen-bond donors (Lipinski definition) is 0. The fourth-order valence-electron chi connectivity index (χ4n) is 3.38. The first-order valence-electron chi connectivity index (χ1n) is 8.88. The van der Waals surface area contributed by atoms with Crippen molar-refractivity contribution in [3.05, 3.63) is 71.8 Å². The molecule has 1 heterocycles. The Labute approximate surface area is 145 Å². The molecule has 3 heteroatoms. The molecule has 0 N–H and O–H groups in total. The highest BCUT2D eigenvalue weighted by molar-refractivity contribution is 5.17.